The fourth-order valence-corrected chi connectivity index (χ4v) is 4.96. The van der Waals surface area contributed by atoms with Crippen molar-refractivity contribution in [3.05, 3.63) is 59.6 Å². The Morgan fingerprint density at radius 3 is 2.77 bits per heavy atom. The average Bonchev–Trinajstić information content (AvgIpc) is 3.49. The smallest absolute Gasteiger partial charge is 0.234 e. The van der Waals surface area contributed by atoms with Crippen molar-refractivity contribution in [3.8, 4) is 11.5 Å². The van der Waals surface area contributed by atoms with Gasteiger partial charge in [0.25, 0.3) is 0 Å². The lowest BCUT2D eigenvalue weighted by atomic mass is 9.77. The molecule has 30 heavy (non-hydrogen) atoms. The first kappa shape index (κ1) is 17.8. The van der Waals surface area contributed by atoms with E-state index in [1.165, 1.54) is 0 Å². The van der Waals surface area contributed by atoms with Gasteiger partial charge in [0.1, 0.15) is 5.60 Å². The molecule has 8 heteroatoms. The highest BCUT2D eigenvalue weighted by Crippen LogP contribution is 2.53. The van der Waals surface area contributed by atoms with Gasteiger partial charge in [0, 0.05) is 22.5 Å². The molecule has 2 aromatic rings. The van der Waals surface area contributed by atoms with Gasteiger partial charge < -0.3 is 24.4 Å². The number of anilines is 2. The van der Waals surface area contributed by atoms with Crippen molar-refractivity contribution in [2.24, 2.45) is 11.8 Å². The molecule has 0 aliphatic carbocycles. The number of nitrogens with one attached hydrogen (secondary N) is 1. The number of carbonyl (C=O) groups is 2. The van der Waals surface area contributed by atoms with Crippen LogP contribution in [0.3, 0.4) is 0 Å². The fraction of sp³-hybridized carbons (Fsp3) is 0.273. The van der Waals surface area contributed by atoms with Crippen molar-refractivity contribution >= 4 is 34.8 Å². The molecule has 1 N–H and O–H groups in total. The Bertz CT molecular complexity index is 1100. The number of hydrogen-bond donors (Lipinski definition) is 1. The summed E-state index contributed by atoms with van der Waals surface area (Å²) in [7, 11) is 0. The normalized spacial score (nSPS) is 30.1. The molecule has 2 aromatic carbocycles. The number of fused-ring (bicyclic) bond motifs is 2. The molecule has 1 spiro atoms. The van der Waals surface area contributed by atoms with Crippen LogP contribution in [0.25, 0.3) is 0 Å². The maximum absolute atomic E-state index is 13.3. The highest BCUT2D eigenvalue weighted by atomic mass is 35.5. The molecule has 2 saturated heterocycles. The number of ether oxygens (including phenoxy) is 3. The summed E-state index contributed by atoms with van der Waals surface area (Å²) in [5, 5.41) is 3.51. The van der Waals surface area contributed by atoms with Crippen LogP contribution in [0.4, 0.5) is 11.4 Å². The molecule has 4 atom stereocenters. The molecule has 0 radical (unpaired) electrons. The molecular formula is C22H17ClN2O5. The zero-order valence-corrected chi connectivity index (χ0v) is 16.5. The molecule has 4 aliphatic rings. The lowest BCUT2D eigenvalue weighted by molar-refractivity contribution is -0.128. The summed E-state index contributed by atoms with van der Waals surface area (Å²) in [5.41, 5.74) is 0.548. The van der Waals surface area contributed by atoms with E-state index in [0.717, 1.165) is 5.69 Å². The Morgan fingerprint density at radius 2 is 1.93 bits per heavy atom. The highest BCUT2D eigenvalue weighted by molar-refractivity contribution is 6.30. The molecule has 2 bridgehead atoms. The summed E-state index contributed by atoms with van der Waals surface area (Å²) < 4.78 is 16.8. The Morgan fingerprint density at radius 1 is 1.13 bits per heavy atom. The molecule has 4 heterocycles. The van der Waals surface area contributed by atoms with Crippen LogP contribution in [0.2, 0.25) is 5.02 Å². The minimum Gasteiger partial charge on any atom is -0.454 e. The van der Waals surface area contributed by atoms with Crippen molar-refractivity contribution in [1.82, 2.24) is 0 Å². The van der Waals surface area contributed by atoms with E-state index in [1.54, 1.807) is 47.4 Å². The molecule has 7 nitrogen and oxygen atoms in total. The van der Waals surface area contributed by atoms with Crippen LogP contribution in [0.1, 0.15) is 0 Å². The van der Waals surface area contributed by atoms with Gasteiger partial charge in [0.05, 0.1) is 24.5 Å². The second kappa shape index (κ2) is 6.23. The lowest BCUT2D eigenvalue weighted by Gasteiger charge is -2.23. The maximum Gasteiger partial charge on any atom is 0.234 e. The van der Waals surface area contributed by atoms with Gasteiger partial charge in [-0.25, -0.2) is 0 Å². The van der Waals surface area contributed by atoms with Crippen molar-refractivity contribution in [2.45, 2.75) is 11.7 Å². The number of hydrogen-bond acceptors (Lipinski definition) is 5. The van der Waals surface area contributed by atoms with Gasteiger partial charge >= 0.3 is 0 Å². The third kappa shape index (κ3) is 2.49. The third-order valence-electron chi connectivity index (χ3n) is 6.18. The van der Waals surface area contributed by atoms with Crippen LogP contribution in [0, 0.1) is 11.8 Å². The van der Waals surface area contributed by atoms with Crippen molar-refractivity contribution in [3.63, 3.8) is 0 Å². The highest BCUT2D eigenvalue weighted by Gasteiger charge is 2.67. The second-order valence-electron chi connectivity index (χ2n) is 7.86. The van der Waals surface area contributed by atoms with Crippen LogP contribution >= 0.6 is 11.6 Å². The summed E-state index contributed by atoms with van der Waals surface area (Å²) in [5.74, 6) is -0.319. The number of amides is 2. The van der Waals surface area contributed by atoms with Crippen molar-refractivity contribution < 1.29 is 23.8 Å². The number of benzene rings is 2. The first-order chi connectivity index (χ1) is 14.5. The van der Waals surface area contributed by atoms with E-state index >= 15 is 0 Å². The molecule has 152 valence electrons. The van der Waals surface area contributed by atoms with Crippen LogP contribution < -0.4 is 19.7 Å². The van der Waals surface area contributed by atoms with Gasteiger partial charge in [0.15, 0.2) is 11.5 Å². The van der Waals surface area contributed by atoms with Gasteiger partial charge in [0.2, 0.25) is 18.6 Å². The SMILES string of the molecule is O=C(Nc1ccc2c(c1)OCO2)C1C2C(=O)N(c3ccc(Cl)cc3)C[C@]23C=C[C@H]1O3. The minimum atomic E-state index is -0.779. The molecular weight excluding hydrogens is 408 g/mol. The number of rotatable bonds is 3. The standard InChI is InChI=1S/C22H17ClN2O5/c23-12-1-4-14(5-2-12)25-10-22-8-7-16(30-22)18(19(22)21(25)27)20(26)24-13-3-6-15-17(9-13)29-11-28-15/h1-9,16,18-19H,10-11H2,(H,24,26)/t16-,18?,19?,22-/m1/s1. The van der Waals surface area contributed by atoms with Crippen LogP contribution in [0.5, 0.6) is 11.5 Å². The first-order valence-corrected chi connectivity index (χ1v) is 10.1. The average molecular weight is 425 g/mol. The van der Waals surface area contributed by atoms with Crippen molar-refractivity contribution in [2.75, 3.05) is 23.6 Å². The summed E-state index contributed by atoms with van der Waals surface area (Å²) in [6.45, 7) is 0.536. The molecule has 4 aliphatic heterocycles. The van der Waals surface area contributed by atoms with Gasteiger partial charge in [-0.3, -0.25) is 9.59 Å². The minimum absolute atomic E-state index is 0.116. The first-order valence-electron chi connectivity index (χ1n) is 9.69. The molecule has 2 unspecified atom stereocenters. The predicted octanol–water partition coefficient (Wildman–Crippen LogP) is 2.99. The summed E-state index contributed by atoms with van der Waals surface area (Å²) in [6.07, 6.45) is 3.40. The zero-order chi connectivity index (χ0) is 20.5. The summed E-state index contributed by atoms with van der Waals surface area (Å²) in [6, 6.07) is 12.3. The topological polar surface area (TPSA) is 77.1 Å². The van der Waals surface area contributed by atoms with E-state index in [9.17, 15) is 9.59 Å². The van der Waals surface area contributed by atoms with E-state index in [1.807, 2.05) is 12.2 Å². The molecule has 0 aromatic heterocycles. The third-order valence-corrected chi connectivity index (χ3v) is 6.43. The fourth-order valence-electron chi connectivity index (χ4n) is 4.84. The molecule has 2 fully saturated rings. The molecule has 2 amide bonds. The summed E-state index contributed by atoms with van der Waals surface area (Å²) in [4.78, 5) is 28.2. The van der Waals surface area contributed by atoms with Crippen LogP contribution in [-0.2, 0) is 14.3 Å². The van der Waals surface area contributed by atoms with Crippen LogP contribution in [-0.4, -0.2) is 36.9 Å². The quantitative estimate of drug-likeness (QED) is 0.766. The molecule has 6 rings (SSSR count). The Balaban J connectivity index is 1.28. The Hall–Kier alpha value is -3.03. The van der Waals surface area contributed by atoms with E-state index in [-0.39, 0.29) is 18.6 Å². The number of carbonyl (C=O) groups excluding carboxylic acids is 2. The summed E-state index contributed by atoms with van der Waals surface area (Å²) >= 11 is 5.98. The number of halogens is 1. The van der Waals surface area contributed by atoms with Gasteiger partial charge in [-0.15, -0.1) is 0 Å². The lowest BCUT2D eigenvalue weighted by Crippen LogP contribution is -2.41. The Labute approximate surface area is 177 Å². The van der Waals surface area contributed by atoms with E-state index < -0.39 is 23.5 Å². The largest absolute Gasteiger partial charge is 0.454 e. The van der Waals surface area contributed by atoms with E-state index in [4.69, 9.17) is 25.8 Å². The van der Waals surface area contributed by atoms with Crippen LogP contribution in [0.15, 0.2) is 54.6 Å². The van der Waals surface area contributed by atoms with Crippen molar-refractivity contribution in [1.29, 1.82) is 0 Å². The Kier molecular flexibility index (Phi) is 3.70. The van der Waals surface area contributed by atoms with Gasteiger partial charge in [-0.1, -0.05) is 23.8 Å². The monoisotopic (exact) mass is 424 g/mol. The van der Waals surface area contributed by atoms with Gasteiger partial charge in [-0.05, 0) is 36.4 Å². The number of nitrogens with zero attached hydrogens (tertiary/aromatic N) is 1. The second-order valence-corrected chi connectivity index (χ2v) is 8.29. The zero-order valence-electron chi connectivity index (χ0n) is 15.7. The maximum atomic E-state index is 13.3. The van der Waals surface area contributed by atoms with Gasteiger partial charge in [-0.2, -0.15) is 0 Å². The van der Waals surface area contributed by atoms with E-state index in [2.05, 4.69) is 5.32 Å². The predicted molar refractivity (Wildman–Crippen MR) is 109 cm³/mol. The van der Waals surface area contributed by atoms with E-state index in [0.29, 0.717) is 28.8 Å². The molecule has 0 saturated carbocycles.